The van der Waals surface area contributed by atoms with Crippen LogP contribution >= 0.6 is 0 Å². The molecular formula is C13H26N2O. The lowest BCUT2D eigenvalue weighted by molar-refractivity contribution is 0.0253. The van der Waals surface area contributed by atoms with Crippen LogP contribution in [0.15, 0.2) is 0 Å². The van der Waals surface area contributed by atoms with E-state index in [1.807, 2.05) is 0 Å². The van der Waals surface area contributed by atoms with Crippen LogP contribution in [0.1, 0.15) is 39.5 Å². The molecule has 2 aliphatic rings. The van der Waals surface area contributed by atoms with E-state index in [-0.39, 0.29) is 6.10 Å². The highest BCUT2D eigenvalue weighted by Gasteiger charge is 2.32. The van der Waals surface area contributed by atoms with Crippen LogP contribution in [0.4, 0.5) is 0 Å². The molecule has 0 radical (unpaired) electrons. The van der Waals surface area contributed by atoms with Crippen molar-refractivity contribution in [3.05, 3.63) is 0 Å². The van der Waals surface area contributed by atoms with Gasteiger partial charge in [-0.3, -0.25) is 9.80 Å². The number of aliphatic hydroxyl groups is 1. The number of aliphatic hydroxyl groups excluding tert-OH is 1. The maximum atomic E-state index is 9.91. The number of hydrogen-bond donors (Lipinski definition) is 1. The summed E-state index contributed by atoms with van der Waals surface area (Å²) in [6.07, 6.45) is 4.60. The monoisotopic (exact) mass is 226 g/mol. The van der Waals surface area contributed by atoms with E-state index in [1.165, 1.54) is 32.4 Å². The fraction of sp³-hybridized carbons (Fsp3) is 1.00. The number of hydrogen-bond acceptors (Lipinski definition) is 3. The maximum Gasteiger partial charge on any atom is 0.0695 e. The van der Waals surface area contributed by atoms with Crippen molar-refractivity contribution in [2.75, 3.05) is 26.2 Å². The molecule has 3 atom stereocenters. The first-order valence-electron chi connectivity index (χ1n) is 6.88. The molecule has 0 aromatic carbocycles. The molecule has 0 amide bonds. The molecule has 2 fully saturated rings. The van der Waals surface area contributed by atoms with Gasteiger partial charge in [0.25, 0.3) is 0 Å². The third-order valence-corrected chi connectivity index (χ3v) is 4.48. The van der Waals surface area contributed by atoms with Crippen molar-refractivity contribution in [3.8, 4) is 0 Å². The topological polar surface area (TPSA) is 26.7 Å². The molecule has 94 valence electrons. The Labute approximate surface area is 99.4 Å². The molecule has 1 unspecified atom stereocenters. The van der Waals surface area contributed by atoms with Gasteiger partial charge in [0.05, 0.1) is 6.10 Å². The lowest BCUT2D eigenvalue weighted by Crippen LogP contribution is -2.54. The molecule has 0 spiro atoms. The Morgan fingerprint density at radius 1 is 1.19 bits per heavy atom. The van der Waals surface area contributed by atoms with E-state index in [1.54, 1.807) is 0 Å². The smallest absolute Gasteiger partial charge is 0.0695 e. The Kier molecular flexibility index (Phi) is 4.22. The molecule has 1 aliphatic carbocycles. The lowest BCUT2D eigenvalue weighted by atomic mass is 10.1. The molecule has 1 saturated carbocycles. The summed E-state index contributed by atoms with van der Waals surface area (Å²) in [7, 11) is 0. The van der Waals surface area contributed by atoms with Crippen molar-refractivity contribution in [3.63, 3.8) is 0 Å². The normalized spacial score (nSPS) is 35.4. The van der Waals surface area contributed by atoms with Gasteiger partial charge in [0.1, 0.15) is 0 Å². The van der Waals surface area contributed by atoms with Gasteiger partial charge >= 0.3 is 0 Å². The van der Waals surface area contributed by atoms with Gasteiger partial charge in [-0.2, -0.15) is 0 Å². The maximum absolute atomic E-state index is 9.91. The van der Waals surface area contributed by atoms with Crippen molar-refractivity contribution in [2.24, 2.45) is 0 Å². The van der Waals surface area contributed by atoms with Crippen molar-refractivity contribution < 1.29 is 5.11 Å². The van der Waals surface area contributed by atoms with E-state index < -0.39 is 0 Å². The highest BCUT2D eigenvalue weighted by atomic mass is 16.3. The Balaban J connectivity index is 1.80. The lowest BCUT2D eigenvalue weighted by Gasteiger charge is -2.41. The summed E-state index contributed by atoms with van der Waals surface area (Å²) in [6.45, 7) is 9.23. The molecule has 1 N–H and O–H groups in total. The van der Waals surface area contributed by atoms with Gasteiger partial charge in [-0.1, -0.05) is 6.92 Å². The molecule has 3 heteroatoms. The zero-order valence-corrected chi connectivity index (χ0v) is 10.7. The Hall–Kier alpha value is -0.120. The first kappa shape index (κ1) is 12.3. The average Bonchev–Trinajstić information content (AvgIpc) is 2.75. The molecule has 0 aromatic rings. The number of piperazine rings is 1. The second kappa shape index (κ2) is 5.48. The van der Waals surface area contributed by atoms with E-state index in [2.05, 4.69) is 23.6 Å². The second-order valence-electron chi connectivity index (χ2n) is 5.39. The minimum atomic E-state index is -0.0600. The van der Waals surface area contributed by atoms with Gasteiger partial charge in [-0.25, -0.2) is 0 Å². The largest absolute Gasteiger partial charge is 0.391 e. The van der Waals surface area contributed by atoms with Crippen LogP contribution in [-0.2, 0) is 0 Å². The van der Waals surface area contributed by atoms with Crippen LogP contribution in [0, 0.1) is 0 Å². The Morgan fingerprint density at radius 2 is 1.88 bits per heavy atom. The van der Waals surface area contributed by atoms with E-state index in [0.717, 1.165) is 25.6 Å². The standard InChI is InChI=1S/C13H26N2O/c1-3-11(2)14-7-9-15(10-8-14)12-5-4-6-13(12)16/h11-13,16H,3-10H2,1-2H3/t11?,12-,13-/m0/s1. The van der Waals surface area contributed by atoms with Crippen molar-refractivity contribution >= 4 is 0 Å². The molecule has 2 rings (SSSR count). The summed E-state index contributed by atoms with van der Waals surface area (Å²) in [5.74, 6) is 0. The van der Waals surface area contributed by atoms with Crippen LogP contribution < -0.4 is 0 Å². The third kappa shape index (κ3) is 2.58. The van der Waals surface area contributed by atoms with Gasteiger partial charge in [-0.15, -0.1) is 0 Å². The molecule has 1 aliphatic heterocycles. The van der Waals surface area contributed by atoms with Crippen LogP contribution in [0.5, 0.6) is 0 Å². The highest BCUT2D eigenvalue weighted by molar-refractivity contribution is 4.88. The van der Waals surface area contributed by atoms with Gasteiger partial charge in [-0.05, 0) is 32.6 Å². The van der Waals surface area contributed by atoms with Crippen LogP contribution in [0.25, 0.3) is 0 Å². The summed E-state index contributed by atoms with van der Waals surface area (Å²) in [5.41, 5.74) is 0. The van der Waals surface area contributed by atoms with Gasteiger partial charge in [0, 0.05) is 38.3 Å². The van der Waals surface area contributed by atoms with E-state index in [9.17, 15) is 5.11 Å². The first-order chi connectivity index (χ1) is 7.72. The molecule has 0 aromatic heterocycles. The fourth-order valence-electron chi connectivity index (χ4n) is 3.11. The van der Waals surface area contributed by atoms with Crippen molar-refractivity contribution in [1.29, 1.82) is 0 Å². The molecule has 0 bridgehead atoms. The van der Waals surface area contributed by atoms with Crippen LogP contribution in [0.3, 0.4) is 0 Å². The summed E-state index contributed by atoms with van der Waals surface area (Å²) in [4.78, 5) is 5.09. The molecule has 1 heterocycles. The zero-order chi connectivity index (χ0) is 11.5. The van der Waals surface area contributed by atoms with E-state index >= 15 is 0 Å². The zero-order valence-electron chi connectivity index (χ0n) is 10.7. The summed E-state index contributed by atoms with van der Waals surface area (Å²) >= 11 is 0. The number of nitrogens with zero attached hydrogens (tertiary/aromatic N) is 2. The molecular weight excluding hydrogens is 200 g/mol. The molecule has 3 nitrogen and oxygen atoms in total. The number of rotatable bonds is 3. The summed E-state index contributed by atoms with van der Waals surface area (Å²) in [5, 5.41) is 9.91. The van der Waals surface area contributed by atoms with Gasteiger partial charge in [0.15, 0.2) is 0 Å². The van der Waals surface area contributed by atoms with Crippen LogP contribution in [0.2, 0.25) is 0 Å². The van der Waals surface area contributed by atoms with Crippen LogP contribution in [-0.4, -0.2) is 59.3 Å². The van der Waals surface area contributed by atoms with Gasteiger partial charge < -0.3 is 5.11 Å². The predicted molar refractivity (Wildman–Crippen MR) is 66.5 cm³/mol. The fourth-order valence-corrected chi connectivity index (χ4v) is 3.11. The molecule has 1 saturated heterocycles. The Morgan fingerprint density at radius 3 is 2.38 bits per heavy atom. The second-order valence-corrected chi connectivity index (χ2v) is 5.39. The van der Waals surface area contributed by atoms with E-state index in [0.29, 0.717) is 6.04 Å². The summed E-state index contributed by atoms with van der Waals surface area (Å²) < 4.78 is 0. The first-order valence-corrected chi connectivity index (χ1v) is 6.88. The predicted octanol–water partition coefficient (Wildman–Crippen LogP) is 1.32. The average molecular weight is 226 g/mol. The quantitative estimate of drug-likeness (QED) is 0.786. The van der Waals surface area contributed by atoms with Gasteiger partial charge in [0.2, 0.25) is 0 Å². The molecule has 16 heavy (non-hydrogen) atoms. The SMILES string of the molecule is CCC(C)N1CCN([C@H]2CCC[C@@H]2O)CC1. The van der Waals surface area contributed by atoms with Crippen molar-refractivity contribution in [2.45, 2.75) is 57.7 Å². The Bertz CT molecular complexity index is 214. The highest BCUT2D eigenvalue weighted by Crippen LogP contribution is 2.25. The minimum Gasteiger partial charge on any atom is -0.391 e. The van der Waals surface area contributed by atoms with E-state index in [4.69, 9.17) is 0 Å². The third-order valence-electron chi connectivity index (χ3n) is 4.48. The van der Waals surface area contributed by atoms with Crippen molar-refractivity contribution in [1.82, 2.24) is 9.80 Å². The summed E-state index contributed by atoms with van der Waals surface area (Å²) in [6, 6.07) is 1.18. The minimum absolute atomic E-state index is 0.0600.